The molecule has 1 radical (unpaired) electrons. The van der Waals surface area contributed by atoms with E-state index in [0.29, 0.717) is 5.73 Å². The Morgan fingerprint density at radius 3 is 2.83 bits per heavy atom. The van der Waals surface area contributed by atoms with Crippen LogP contribution in [-0.2, 0) is 11.2 Å². The van der Waals surface area contributed by atoms with Crippen molar-refractivity contribution in [3.8, 4) is 0 Å². The Balaban J connectivity index is 1.42. The summed E-state index contributed by atoms with van der Waals surface area (Å²) in [6, 6.07) is 16.9. The third-order valence-corrected chi connectivity index (χ3v) is 8.03. The Morgan fingerprint density at radius 2 is 1.96 bits per heavy atom. The Hall–Kier alpha value is -1.58. The number of aryl methyl sites for hydroxylation is 1. The molecule has 1 aromatic heterocycles. The van der Waals surface area contributed by atoms with Crippen LogP contribution in [-0.4, -0.2) is 26.1 Å². The van der Waals surface area contributed by atoms with Gasteiger partial charge in [0, 0.05) is 34.1 Å². The molecule has 1 saturated heterocycles. The van der Waals surface area contributed by atoms with Crippen molar-refractivity contribution >= 4 is 30.6 Å². The van der Waals surface area contributed by atoms with Crippen molar-refractivity contribution in [3.05, 3.63) is 48.0 Å². The minimum absolute atomic E-state index is 0.354. The fraction of sp³-hybridized carbons (Fsp3) is 0.429. The maximum Gasteiger partial charge on any atom is 0.0815 e. The number of aromatic amines is 1. The molecule has 1 atom stereocenters. The third-order valence-electron chi connectivity index (χ3n) is 5.34. The number of para-hydroxylation sites is 1. The molecule has 4 rings (SSSR count). The van der Waals surface area contributed by atoms with Crippen LogP contribution in [0.4, 0.5) is 0 Å². The van der Waals surface area contributed by atoms with Gasteiger partial charge in [0.25, 0.3) is 0 Å². The predicted octanol–water partition coefficient (Wildman–Crippen LogP) is 5.49. The molecule has 125 valence electrons. The summed E-state index contributed by atoms with van der Waals surface area (Å²) in [4.78, 5) is 3.51. The largest absolute Gasteiger partial charge is 0.382 e. The Kier molecular flexibility index (Phi) is 4.72. The molecule has 0 amide bonds. The highest BCUT2D eigenvalue weighted by Gasteiger charge is 2.21. The smallest absolute Gasteiger partial charge is 0.0815 e. The number of hydrogen-bond donors (Lipinski definition) is 1. The van der Waals surface area contributed by atoms with Gasteiger partial charge in [-0.25, -0.2) is 0 Å². The van der Waals surface area contributed by atoms with Crippen molar-refractivity contribution in [1.29, 1.82) is 0 Å². The molecule has 3 aromatic rings. The van der Waals surface area contributed by atoms with Crippen molar-refractivity contribution in [2.24, 2.45) is 0 Å². The first-order valence-electron chi connectivity index (χ1n) is 9.24. The van der Waals surface area contributed by atoms with Gasteiger partial charge in [-0.2, -0.15) is 0 Å². The van der Waals surface area contributed by atoms with E-state index < -0.39 is 0 Å². The van der Waals surface area contributed by atoms with Gasteiger partial charge in [0.1, 0.15) is 0 Å². The van der Waals surface area contributed by atoms with Crippen LogP contribution in [0.2, 0.25) is 12.6 Å². The molecule has 24 heavy (non-hydrogen) atoms. The number of benzene rings is 2. The summed E-state index contributed by atoms with van der Waals surface area (Å²) in [6.07, 6.45) is 6.40. The van der Waals surface area contributed by atoms with E-state index in [2.05, 4.69) is 54.0 Å². The predicted molar refractivity (Wildman–Crippen MR) is 104 cm³/mol. The van der Waals surface area contributed by atoms with E-state index in [1.54, 1.807) is 0 Å². The first kappa shape index (κ1) is 15.9. The average molecular weight is 337 g/mol. The normalized spacial score (nSPS) is 18.7. The number of nitrogens with one attached hydrogen (secondary N) is 1. The SMILES string of the molecule is C[Si](CCCc1ccc2[nH]c3ccccc3c2c1)C1CCCCO1. The van der Waals surface area contributed by atoms with Crippen LogP contribution in [0.5, 0.6) is 0 Å². The van der Waals surface area contributed by atoms with Crippen LogP contribution >= 0.6 is 0 Å². The van der Waals surface area contributed by atoms with Gasteiger partial charge in [0.05, 0.1) is 8.80 Å². The Labute approximate surface area is 145 Å². The maximum atomic E-state index is 5.98. The number of H-pyrrole nitrogens is 1. The van der Waals surface area contributed by atoms with Crippen molar-refractivity contribution in [3.63, 3.8) is 0 Å². The second-order valence-corrected chi connectivity index (χ2v) is 9.94. The van der Waals surface area contributed by atoms with Crippen LogP contribution in [0.25, 0.3) is 21.8 Å². The molecule has 1 aliphatic heterocycles. The van der Waals surface area contributed by atoms with Gasteiger partial charge in [-0.3, -0.25) is 0 Å². The molecule has 0 bridgehead atoms. The molecule has 3 heteroatoms. The summed E-state index contributed by atoms with van der Waals surface area (Å²) >= 11 is 0. The van der Waals surface area contributed by atoms with Gasteiger partial charge >= 0.3 is 0 Å². The quantitative estimate of drug-likeness (QED) is 0.613. The van der Waals surface area contributed by atoms with Crippen molar-refractivity contribution in [2.45, 2.75) is 50.4 Å². The molecule has 1 N–H and O–H groups in total. The number of aromatic nitrogens is 1. The van der Waals surface area contributed by atoms with Crippen LogP contribution in [0.15, 0.2) is 42.5 Å². The lowest BCUT2D eigenvalue weighted by Gasteiger charge is -2.27. The zero-order chi connectivity index (χ0) is 16.4. The number of ether oxygens (including phenoxy) is 1. The van der Waals surface area contributed by atoms with Crippen molar-refractivity contribution in [1.82, 2.24) is 4.98 Å². The molecule has 2 heterocycles. The van der Waals surface area contributed by atoms with E-state index in [-0.39, 0.29) is 8.80 Å². The fourth-order valence-corrected chi connectivity index (χ4v) is 6.07. The minimum Gasteiger partial charge on any atom is -0.382 e. The summed E-state index contributed by atoms with van der Waals surface area (Å²) in [5.74, 6) is 0. The monoisotopic (exact) mass is 336 g/mol. The molecule has 1 aliphatic rings. The highest BCUT2D eigenvalue weighted by atomic mass is 28.3. The number of rotatable bonds is 5. The molecule has 2 aromatic carbocycles. The molecule has 0 saturated carbocycles. The zero-order valence-corrected chi connectivity index (χ0v) is 15.5. The van der Waals surface area contributed by atoms with Crippen LogP contribution in [0, 0.1) is 0 Å². The lowest BCUT2D eigenvalue weighted by atomic mass is 10.1. The fourth-order valence-electron chi connectivity index (χ4n) is 3.91. The van der Waals surface area contributed by atoms with Gasteiger partial charge in [-0.05, 0) is 49.4 Å². The first-order valence-corrected chi connectivity index (χ1v) is 11.5. The summed E-state index contributed by atoms with van der Waals surface area (Å²) in [5, 5.41) is 2.70. The second-order valence-electron chi connectivity index (χ2n) is 7.11. The van der Waals surface area contributed by atoms with Gasteiger partial charge in [-0.1, -0.05) is 43.3 Å². The maximum absolute atomic E-state index is 5.98. The Morgan fingerprint density at radius 1 is 1.08 bits per heavy atom. The third kappa shape index (κ3) is 3.28. The molecule has 2 nitrogen and oxygen atoms in total. The van der Waals surface area contributed by atoms with Crippen LogP contribution < -0.4 is 0 Å². The number of fused-ring (bicyclic) bond motifs is 3. The van der Waals surface area contributed by atoms with Crippen LogP contribution in [0.3, 0.4) is 0 Å². The van der Waals surface area contributed by atoms with Gasteiger partial charge in [0.2, 0.25) is 0 Å². The summed E-state index contributed by atoms with van der Waals surface area (Å²) in [5.41, 5.74) is 4.54. The standard InChI is InChI=1S/C21H26NOSi/c1-24(21-10-4-5-13-23-21)14-6-7-16-11-12-20-18(15-16)17-8-2-3-9-19(17)22-20/h2-3,8-9,11-12,15,21-22H,4-7,10,13-14H2,1H3. The minimum atomic E-state index is -0.354. The molecule has 1 fully saturated rings. The van der Waals surface area contributed by atoms with Crippen molar-refractivity contribution in [2.75, 3.05) is 6.61 Å². The van der Waals surface area contributed by atoms with E-state index in [1.165, 1.54) is 65.5 Å². The zero-order valence-electron chi connectivity index (χ0n) is 14.5. The van der Waals surface area contributed by atoms with Crippen LogP contribution in [0.1, 0.15) is 31.2 Å². The van der Waals surface area contributed by atoms with Gasteiger partial charge < -0.3 is 9.72 Å². The highest BCUT2D eigenvalue weighted by molar-refractivity contribution is 6.58. The highest BCUT2D eigenvalue weighted by Crippen LogP contribution is 2.27. The lowest BCUT2D eigenvalue weighted by Crippen LogP contribution is -2.33. The molecular weight excluding hydrogens is 310 g/mol. The Bertz CT molecular complexity index is 819. The van der Waals surface area contributed by atoms with E-state index >= 15 is 0 Å². The second kappa shape index (κ2) is 7.12. The number of hydrogen-bond acceptors (Lipinski definition) is 1. The first-order chi connectivity index (χ1) is 11.8. The molecule has 0 spiro atoms. The van der Waals surface area contributed by atoms with E-state index in [0.717, 1.165) is 6.61 Å². The summed E-state index contributed by atoms with van der Waals surface area (Å²) < 4.78 is 5.98. The summed E-state index contributed by atoms with van der Waals surface area (Å²) in [6.45, 7) is 3.45. The van der Waals surface area contributed by atoms with E-state index in [4.69, 9.17) is 4.74 Å². The van der Waals surface area contributed by atoms with Gasteiger partial charge in [-0.15, -0.1) is 0 Å². The van der Waals surface area contributed by atoms with Gasteiger partial charge in [0.15, 0.2) is 0 Å². The summed E-state index contributed by atoms with van der Waals surface area (Å²) in [7, 11) is -0.354. The van der Waals surface area contributed by atoms with E-state index in [9.17, 15) is 0 Å². The average Bonchev–Trinajstić information content (AvgIpc) is 3.00. The molecule has 1 unspecified atom stereocenters. The van der Waals surface area contributed by atoms with Crippen molar-refractivity contribution < 1.29 is 4.74 Å². The topological polar surface area (TPSA) is 25.0 Å². The molecule has 0 aliphatic carbocycles. The lowest BCUT2D eigenvalue weighted by molar-refractivity contribution is 0.0625. The molecular formula is C21H26NOSi. The van der Waals surface area contributed by atoms with E-state index in [1.807, 2.05) is 0 Å².